The van der Waals surface area contributed by atoms with Crippen molar-refractivity contribution in [3.8, 4) is 5.75 Å². The zero-order chi connectivity index (χ0) is 12.5. The molecule has 1 aliphatic carbocycles. The molecule has 3 nitrogen and oxygen atoms in total. The first kappa shape index (κ1) is 12.0. The number of aliphatic carboxylic acids is 1. The molecule has 0 spiro atoms. The first-order valence-electron chi connectivity index (χ1n) is 5.97. The molecule has 2 rings (SSSR count). The van der Waals surface area contributed by atoms with Gasteiger partial charge in [0.2, 0.25) is 0 Å². The number of rotatable bonds is 5. The number of carbonyl (C=O) groups is 1. The van der Waals surface area contributed by atoms with Crippen molar-refractivity contribution in [2.45, 2.75) is 44.6 Å². The molecule has 0 unspecified atom stereocenters. The van der Waals surface area contributed by atoms with E-state index in [4.69, 9.17) is 9.84 Å². The van der Waals surface area contributed by atoms with Gasteiger partial charge in [0.1, 0.15) is 5.75 Å². The van der Waals surface area contributed by atoms with E-state index in [9.17, 15) is 4.79 Å². The van der Waals surface area contributed by atoms with Crippen molar-refractivity contribution in [3.05, 3.63) is 29.8 Å². The topological polar surface area (TPSA) is 46.5 Å². The summed E-state index contributed by atoms with van der Waals surface area (Å²) >= 11 is 0. The molecule has 1 fully saturated rings. The zero-order valence-corrected chi connectivity index (χ0v) is 10.3. The Morgan fingerprint density at radius 3 is 2.65 bits per heavy atom. The fourth-order valence-electron chi connectivity index (χ4n) is 1.97. The molecule has 1 aromatic rings. The molecule has 17 heavy (non-hydrogen) atoms. The van der Waals surface area contributed by atoms with Gasteiger partial charge in [0.05, 0.1) is 12.5 Å². The third kappa shape index (κ3) is 2.99. The first-order chi connectivity index (χ1) is 7.99. The van der Waals surface area contributed by atoms with E-state index in [0.717, 1.165) is 24.2 Å². The van der Waals surface area contributed by atoms with Gasteiger partial charge in [-0.25, -0.2) is 0 Å². The van der Waals surface area contributed by atoms with Gasteiger partial charge in [0.25, 0.3) is 0 Å². The van der Waals surface area contributed by atoms with Crippen LogP contribution in [0.1, 0.15) is 38.7 Å². The molecule has 1 aromatic carbocycles. The number of benzene rings is 1. The van der Waals surface area contributed by atoms with Gasteiger partial charge in [-0.05, 0) is 18.9 Å². The van der Waals surface area contributed by atoms with Crippen molar-refractivity contribution in [2.75, 3.05) is 0 Å². The lowest BCUT2D eigenvalue weighted by Crippen LogP contribution is -2.22. The van der Waals surface area contributed by atoms with Crippen LogP contribution in [0.15, 0.2) is 24.3 Å². The van der Waals surface area contributed by atoms with E-state index in [0.29, 0.717) is 6.10 Å². The fourth-order valence-corrected chi connectivity index (χ4v) is 1.97. The molecular formula is C14H18O3. The highest BCUT2D eigenvalue weighted by atomic mass is 16.5. The van der Waals surface area contributed by atoms with Gasteiger partial charge in [-0.15, -0.1) is 0 Å². The average molecular weight is 234 g/mol. The Kier molecular flexibility index (Phi) is 3.09. The minimum Gasteiger partial charge on any atom is -0.490 e. The smallest absolute Gasteiger partial charge is 0.304 e. The van der Waals surface area contributed by atoms with E-state index in [1.54, 1.807) is 0 Å². The molecule has 0 aromatic heterocycles. The second-order valence-corrected chi connectivity index (χ2v) is 5.27. The van der Waals surface area contributed by atoms with Gasteiger partial charge in [-0.3, -0.25) is 4.79 Å². The van der Waals surface area contributed by atoms with Gasteiger partial charge in [0, 0.05) is 11.0 Å². The maximum Gasteiger partial charge on any atom is 0.304 e. The van der Waals surface area contributed by atoms with Gasteiger partial charge >= 0.3 is 5.97 Å². The van der Waals surface area contributed by atoms with Crippen molar-refractivity contribution in [1.82, 2.24) is 0 Å². The molecule has 92 valence electrons. The zero-order valence-electron chi connectivity index (χ0n) is 10.3. The summed E-state index contributed by atoms with van der Waals surface area (Å²) in [5.41, 5.74) is 0.575. The Bertz CT molecular complexity index is 419. The number of ether oxygens (including phenoxy) is 1. The Labute approximate surface area is 101 Å². The van der Waals surface area contributed by atoms with Gasteiger partial charge in [0.15, 0.2) is 0 Å². The monoisotopic (exact) mass is 234 g/mol. The lowest BCUT2D eigenvalue weighted by molar-refractivity contribution is -0.138. The van der Waals surface area contributed by atoms with E-state index in [2.05, 4.69) is 0 Å². The predicted octanol–water partition coefficient (Wildman–Crippen LogP) is 2.98. The third-order valence-corrected chi connectivity index (χ3v) is 3.03. The van der Waals surface area contributed by atoms with E-state index in [1.807, 2.05) is 38.1 Å². The Hall–Kier alpha value is -1.51. The second kappa shape index (κ2) is 4.40. The van der Waals surface area contributed by atoms with Crippen LogP contribution in [0, 0.1) is 0 Å². The number of carboxylic acids is 1. The molecule has 1 aliphatic rings. The van der Waals surface area contributed by atoms with Gasteiger partial charge < -0.3 is 9.84 Å². The predicted molar refractivity (Wildman–Crippen MR) is 65.4 cm³/mol. The average Bonchev–Trinajstić information content (AvgIpc) is 3.00. The molecule has 1 saturated carbocycles. The van der Waals surface area contributed by atoms with Gasteiger partial charge in [-0.1, -0.05) is 32.0 Å². The summed E-state index contributed by atoms with van der Waals surface area (Å²) in [7, 11) is 0. The molecule has 0 bridgehead atoms. The van der Waals surface area contributed by atoms with Crippen LogP contribution in [0.4, 0.5) is 0 Å². The van der Waals surface area contributed by atoms with Crippen LogP contribution in [0.5, 0.6) is 5.75 Å². The van der Waals surface area contributed by atoms with Crippen LogP contribution < -0.4 is 4.74 Å². The molecule has 0 radical (unpaired) electrons. The Morgan fingerprint density at radius 1 is 1.41 bits per heavy atom. The summed E-state index contributed by atoms with van der Waals surface area (Å²) in [6.45, 7) is 3.88. The van der Waals surface area contributed by atoms with Crippen molar-refractivity contribution < 1.29 is 14.6 Å². The van der Waals surface area contributed by atoms with Crippen LogP contribution in [0.25, 0.3) is 0 Å². The summed E-state index contributed by atoms with van der Waals surface area (Å²) in [5, 5.41) is 8.95. The van der Waals surface area contributed by atoms with E-state index < -0.39 is 11.4 Å². The van der Waals surface area contributed by atoms with Crippen LogP contribution in [-0.4, -0.2) is 17.2 Å². The van der Waals surface area contributed by atoms with Crippen molar-refractivity contribution >= 4 is 5.97 Å². The Morgan fingerprint density at radius 2 is 2.06 bits per heavy atom. The number of hydrogen-bond donors (Lipinski definition) is 1. The first-order valence-corrected chi connectivity index (χ1v) is 5.97. The molecule has 3 heteroatoms. The van der Waals surface area contributed by atoms with Crippen LogP contribution in [0.3, 0.4) is 0 Å². The van der Waals surface area contributed by atoms with E-state index in [-0.39, 0.29) is 6.42 Å². The molecule has 0 aliphatic heterocycles. The largest absolute Gasteiger partial charge is 0.490 e. The van der Waals surface area contributed by atoms with Crippen molar-refractivity contribution in [1.29, 1.82) is 0 Å². The van der Waals surface area contributed by atoms with Crippen molar-refractivity contribution in [3.63, 3.8) is 0 Å². The minimum absolute atomic E-state index is 0.109. The summed E-state index contributed by atoms with van der Waals surface area (Å²) in [6, 6.07) is 7.74. The highest BCUT2D eigenvalue weighted by Gasteiger charge is 2.30. The molecule has 0 amide bonds. The lowest BCUT2D eigenvalue weighted by Gasteiger charge is -2.25. The number of hydrogen-bond acceptors (Lipinski definition) is 2. The van der Waals surface area contributed by atoms with Crippen LogP contribution in [-0.2, 0) is 10.2 Å². The third-order valence-electron chi connectivity index (χ3n) is 3.03. The Balaban J connectivity index is 2.25. The normalized spacial score (nSPS) is 15.6. The lowest BCUT2D eigenvalue weighted by atomic mass is 9.81. The van der Waals surface area contributed by atoms with E-state index in [1.165, 1.54) is 0 Å². The summed E-state index contributed by atoms with van der Waals surface area (Å²) in [6.07, 6.45) is 2.65. The van der Waals surface area contributed by atoms with Crippen LogP contribution >= 0.6 is 0 Å². The SMILES string of the molecule is CC(C)(CC(=O)O)c1ccccc1OC1CC1. The highest BCUT2D eigenvalue weighted by molar-refractivity contribution is 5.69. The van der Waals surface area contributed by atoms with Crippen molar-refractivity contribution in [2.24, 2.45) is 0 Å². The van der Waals surface area contributed by atoms with Gasteiger partial charge in [-0.2, -0.15) is 0 Å². The second-order valence-electron chi connectivity index (χ2n) is 5.27. The molecule has 0 heterocycles. The number of para-hydroxylation sites is 1. The maximum absolute atomic E-state index is 10.9. The molecular weight excluding hydrogens is 216 g/mol. The molecule has 1 N–H and O–H groups in total. The molecule has 0 saturated heterocycles. The number of carboxylic acid groups (broad SMARTS) is 1. The van der Waals surface area contributed by atoms with E-state index >= 15 is 0 Å². The minimum atomic E-state index is -0.781. The summed E-state index contributed by atoms with van der Waals surface area (Å²) in [5.74, 6) is 0.0532. The summed E-state index contributed by atoms with van der Waals surface area (Å²) < 4.78 is 5.83. The summed E-state index contributed by atoms with van der Waals surface area (Å²) in [4.78, 5) is 10.9. The van der Waals surface area contributed by atoms with Crippen LogP contribution in [0.2, 0.25) is 0 Å². The maximum atomic E-state index is 10.9. The highest BCUT2D eigenvalue weighted by Crippen LogP contribution is 2.37. The molecule has 0 atom stereocenters. The quantitative estimate of drug-likeness (QED) is 0.852. The fraction of sp³-hybridized carbons (Fsp3) is 0.500. The standard InChI is InChI=1S/C14H18O3/c1-14(2,9-13(15)16)11-5-3-4-6-12(11)17-10-7-8-10/h3-6,10H,7-9H2,1-2H3,(H,15,16).